The van der Waals surface area contributed by atoms with Crippen molar-refractivity contribution in [1.82, 2.24) is 19.5 Å². The minimum Gasteiger partial charge on any atom is -0.508 e. The Balaban J connectivity index is 1.63. The second-order valence-electron chi connectivity index (χ2n) is 13.3. The number of ether oxygens (including phenoxy) is 1. The van der Waals surface area contributed by atoms with Crippen LogP contribution in [-0.2, 0) is 9.16 Å². The van der Waals surface area contributed by atoms with Gasteiger partial charge in [0.05, 0.1) is 12.2 Å². The second kappa shape index (κ2) is 11.7. The van der Waals surface area contributed by atoms with Crippen molar-refractivity contribution in [3.8, 4) is 16.9 Å². The number of halogens is 1. The Labute approximate surface area is 243 Å². The number of carbonyl (C=O) groups is 1. The summed E-state index contributed by atoms with van der Waals surface area (Å²) in [7, 11) is -1.86. The summed E-state index contributed by atoms with van der Waals surface area (Å²) in [5.41, 5.74) is 0.268. The number of aromatic nitrogens is 3. The lowest BCUT2D eigenvalue weighted by Gasteiger charge is -2.40. The summed E-state index contributed by atoms with van der Waals surface area (Å²) in [5.74, 6) is -0.165. The zero-order valence-electron chi connectivity index (χ0n) is 25.6. The molecule has 1 aromatic carbocycles. The summed E-state index contributed by atoms with van der Waals surface area (Å²) < 4.78 is 28.5. The molecule has 1 saturated heterocycles. The van der Waals surface area contributed by atoms with Gasteiger partial charge in [0, 0.05) is 37.0 Å². The predicted molar refractivity (Wildman–Crippen MR) is 161 cm³/mol. The van der Waals surface area contributed by atoms with Crippen molar-refractivity contribution < 1.29 is 23.5 Å². The number of likely N-dealkylation sites (tertiary alicyclic amines) is 1. The van der Waals surface area contributed by atoms with E-state index in [9.17, 15) is 14.3 Å². The van der Waals surface area contributed by atoms with Crippen LogP contribution in [0.1, 0.15) is 54.4 Å². The number of amides is 1. The lowest BCUT2D eigenvalue weighted by atomic mass is 10.0. The fraction of sp³-hybridized carbons (Fsp3) is 0.567. The van der Waals surface area contributed by atoms with E-state index in [1.54, 1.807) is 17.2 Å². The van der Waals surface area contributed by atoms with Crippen LogP contribution in [0.4, 0.5) is 15.0 Å². The number of nitrogens with zero attached hydrogens (tertiary/aromatic N) is 5. The highest BCUT2D eigenvalue weighted by Crippen LogP contribution is 2.36. The maximum atomic E-state index is 14.7. The summed E-state index contributed by atoms with van der Waals surface area (Å²) in [5, 5.41) is 14.4. The van der Waals surface area contributed by atoms with E-state index < -0.39 is 25.8 Å². The number of carbonyl (C=O) groups excluding carboxylic acids is 1. The van der Waals surface area contributed by atoms with Gasteiger partial charge in [-0.05, 0) is 82.6 Å². The molecule has 9 nitrogen and oxygen atoms in total. The number of hydrogen-bond donors (Lipinski definition) is 1. The molecule has 1 N–H and O–H groups in total. The number of phenolic OH excluding ortho intramolecular Hbond substituents is 1. The standard InChI is InChI=1S/C30H44FN5O4Si/c1-29(2,3)40-28(38)36(21-10-9-14-34(20-21)16-17-39-41(7,8)30(4,5)6)26-13-15-35-27(33-26)24(19-32-35)23-18-22(37)11-12-25(23)31/h11-13,15,18-19,21,37H,9-10,14,16-17,20H2,1-8H3/t21-/m0/s1. The van der Waals surface area contributed by atoms with Gasteiger partial charge in [-0.15, -0.1) is 0 Å². The molecule has 1 aliphatic heterocycles. The van der Waals surface area contributed by atoms with Gasteiger partial charge in [0.1, 0.15) is 23.0 Å². The Morgan fingerprint density at radius 1 is 1.17 bits per heavy atom. The van der Waals surface area contributed by atoms with Gasteiger partial charge in [-0.1, -0.05) is 20.8 Å². The van der Waals surface area contributed by atoms with E-state index in [4.69, 9.17) is 14.1 Å². The lowest BCUT2D eigenvalue weighted by Crippen LogP contribution is -2.53. The maximum absolute atomic E-state index is 14.7. The molecule has 11 heteroatoms. The molecule has 0 spiro atoms. The van der Waals surface area contributed by atoms with E-state index in [1.807, 2.05) is 20.8 Å². The third-order valence-electron chi connectivity index (χ3n) is 7.95. The second-order valence-corrected chi connectivity index (χ2v) is 18.1. The predicted octanol–water partition coefficient (Wildman–Crippen LogP) is 6.47. The van der Waals surface area contributed by atoms with E-state index in [1.165, 1.54) is 28.9 Å². The summed E-state index contributed by atoms with van der Waals surface area (Å²) in [6.07, 6.45) is 4.43. The van der Waals surface area contributed by atoms with E-state index in [-0.39, 0.29) is 22.4 Å². The number of piperidine rings is 1. The average molecular weight is 586 g/mol. The number of benzene rings is 1. The van der Waals surface area contributed by atoms with Crippen molar-refractivity contribution in [1.29, 1.82) is 0 Å². The fourth-order valence-electron chi connectivity index (χ4n) is 4.74. The molecule has 41 heavy (non-hydrogen) atoms. The van der Waals surface area contributed by atoms with Gasteiger partial charge in [0.2, 0.25) is 0 Å². The number of fused-ring (bicyclic) bond motifs is 1. The average Bonchev–Trinajstić information content (AvgIpc) is 3.27. The zero-order chi connectivity index (χ0) is 30.2. The monoisotopic (exact) mass is 585 g/mol. The number of rotatable bonds is 7. The van der Waals surface area contributed by atoms with E-state index in [0.29, 0.717) is 30.2 Å². The van der Waals surface area contributed by atoms with Gasteiger partial charge in [0.15, 0.2) is 14.0 Å². The van der Waals surface area contributed by atoms with Crippen LogP contribution in [0, 0.1) is 5.82 Å². The van der Waals surface area contributed by atoms with Crippen LogP contribution in [-0.4, -0.2) is 76.9 Å². The molecule has 1 amide bonds. The highest BCUT2D eigenvalue weighted by Gasteiger charge is 2.38. The van der Waals surface area contributed by atoms with Crippen LogP contribution in [0.15, 0.2) is 36.7 Å². The van der Waals surface area contributed by atoms with Crippen LogP contribution in [0.25, 0.3) is 16.8 Å². The number of phenols is 1. The molecule has 0 radical (unpaired) electrons. The van der Waals surface area contributed by atoms with Gasteiger partial charge in [0.25, 0.3) is 0 Å². The van der Waals surface area contributed by atoms with Crippen molar-refractivity contribution in [3.05, 3.63) is 42.5 Å². The Hall–Kier alpha value is -3.02. The van der Waals surface area contributed by atoms with Crippen molar-refractivity contribution >= 4 is 25.9 Å². The first-order chi connectivity index (χ1) is 19.1. The molecule has 1 atom stereocenters. The van der Waals surface area contributed by atoms with Crippen molar-refractivity contribution in [3.63, 3.8) is 0 Å². The first-order valence-corrected chi connectivity index (χ1v) is 17.2. The van der Waals surface area contributed by atoms with Crippen LogP contribution < -0.4 is 4.90 Å². The van der Waals surface area contributed by atoms with Crippen LogP contribution in [0.2, 0.25) is 18.1 Å². The largest absolute Gasteiger partial charge is 0.508 e. The van der Waals surface area contributed by atoms with Gasteiger partial charge in [-0.3, -0.25) is 9.80 Å². The minimum absolute atomic E-state index is 0.0629. The van der Waals surface area contributed by atoms with E-state index in [0.717, 1.165) is 25.9 Å². The van der Waals surface area contributed by atoms with Crippen molar-refractivity contribution in [2.24, 2.45) is 0 Å². The summed E-state index contributed by atoms with van der Waals surface area (Å²) in [4.78, 5) is 22.4. The van der Waals surface area contributed by atoms with Crippen LogP contribution in [0.3, 0.4) is 0 Å². The van der Waals surface area contributed by atoms with Crippen LogP contribution in [0.5, 0.6) is 5.75 Å². The highest BCUT2D eigenvalue weighted by molar-refractivity contribution is 6.74. The van der Waals surface area contributed by atoms with E-state index >= 15 is 0 Å². The molecule has 3 aromatic rings. The van der Waals surface area contributed by atoms with E-state index in [2.05, 4.69) is 43.9 Å². The molecule has 0 saturated carbocycles. The Kier molecular flexibility index (Phi) is 8.82. The number of hydrogen-bond acceptors (Lipinski definition) is 7. The van der Waals surface area contributed by atoms with Gasteiger partial charge in [-0.2, -0.15) is 5.10 Å². The molecule has 1 fully saturated rings. The molecule has 3 heterocycles. The van der Waals surface area contributed by atoms with Gasteiger partial charge >= 0.3 is 6.09 Å². The third kappa shape index (κ3) is 7.25. The normalized spacial score (nSPS) is 17.1. The number of aromatic hydroxyl groups is 1. The zero-order valence-corrected chi connectivity index (χ0v) is 26.6. The fourth-order valence-corrected chi connectivity index (χ4v) is 5.77. The summed E-state index contributed by atoms with van der Waals surface area (Å²) in [6, 6.07) is 5.39. The number of anilines is 1. The minimum atomic E-state index is -1.86. The topological polar surface area (TPSA) is 92.4 Å². The molecule has 0 aliphatic carbocycles. The highest BCUT2D eigenvalue weighted by atomic mass is 28.4. The Bertz CT molecular complexity index is 1380. The molecule has 1 aliphatic rings. The Morgan fingerprint density at radius 3 is 2.59 bits per heavy atom. The smallest absolute Gasteiger partial charge is 0.416 e. The summed E-state index contributed by atoms with van der Waals surface area (Å²) in [6.45, 7) is 19.7. The molecule has 0 bridgehead atoms. The molecule has 2 aromatic heterocycles. The Morgan fingerprint density at radius 2 is 1.90 bits per heavy atom. The maximum Gasteiger partial charge on any atom is 0.416 e. The van der Waals surface area contributed by atoms with Gasteiger partial charge in [-0.25, -0.2) is 18.7 Å². The molecular weight excluding hydrogens is 541 g/mol. The first kappa shape index (κ1) is 30.9. The van der Waals surface area contributed by atoms with Crippen molar-refractivity contribution in [2.45, 2.75) is 84.2 Å². The van der Waals surface area contributed by atoms with Crippen LogP contribution >= 0.6 is 0 Å². The molecule has 0 unspecified atom stereocenters. The third-order valence-corrected chi connectivity index (χ3v) is 12.5. The SMILES string of the molecule is CC(C)(C)OC(=O)N(c1ccn2ncc(-c3cc(O)ccc3F)c2n1)[C@H]1CCCN(CCO[Si](C)(C)C(C)(C)C)C1. The summed E-state index contributed by atoms with van der Waals surface area (Å²) >= 11 is 0. The van der Waals surface area contributed by atoms with Crippen molar-refractivity contribution in [2.75, 3.05) is 31.1 Å². The quantitative estimate of drug-likeness (QED) is 0.318. The molecule has 224 valence electrons. The lowest BCUT2D eigenvalue weighted by molar-refractivity contribution is 0.0539. The molecule has 4 rings (SSSR count). The molecular formula is C30H44FN5O4Si. The van der Waals surface area contributed by atoms with Gasteiger partial charge < -0.3 is 14.3 Å². The first-order valence-electron chi connectivity index (χ1n) is 14.3.